The van der Waals surface area contributed by atoms with Crippen LogP contribution in [-0.2, 0) is 32.6 Å². The second-order valence-corrected chi connectivity index (χ2v) is 13.1. The molecular formula is C35H37ClFN3O5S. The van der Waals surface area contributed by atoms with E-state index in [1.807, 2.05) is 44.2 Å². The standard InChI is InChI=1S/C35H37ClFN3O5S/c1-4-25(2)38-35(42)32(21-26-11-7-5-8-12-26)39(23-27-15-17-28(37)18-16-27)34(41)24-40(29-19-20-33(45-3)31(36)22-29)46(43,44)30-13-9-6-10-14-30/h5-20,22,25,32H,4,21,23-24H2,1-3H3,(H,38,42)/t25-,32+/m1/s1. The van der Waals surface area contributed by atoms with Crippen LogP contribution >= 0.6 is 11.6 Å². The van der Waals surface area contributed by atoms with Gasteiger partial charge in [-0.15, -0.1) is 0 Å². The van der Waals surface area contributed by atoms with Crippen molar-refractivity contribution in [2.24, 2.45) is 0 Å². The van der Waals surface area contributed by atoms with Crippen molar-refractivity contribution in [2.45, 2.75) is 50.2 Å². The predicted octanol–water partition coefficient (Wildman–Crippen LogP) is 6.24. The van der Waals surface area contributed by atoms with E-state index in [0.29, 0.717) is 17.7 Å². The van der Waals surface area contributed by atoms with Gasteiger partial charge in [0.15, 0.2) is 0 Å². The first-order chi connectivity index (χ1) is 22.0. The van der Waals surface area contributed by atoms with Crippen LogP contribution in [0.1, 0.15) is 31.4 Å². The van der Waals surface area contributed by atoms with Crippen molar-refractivity contribution in [2.75, 3.05) is 18.0 Å². The summed E-state index contributed by atoms with van der Waals surface area (Å²) in [7, 11) is -2.85. The second kappa shape index (κ2) is 15.7. The number of rotatable bonds is 14. The molecule has 2 amide bonds. The Morgan fingerprint density at radius 1 is 0.913 bits per heavy atom. The lowest BCUT2D eigenvalue weighted by Gasteiger charge is -2.34. The zero-order valence-electron chi connectivity index (χ0n) is 25.9. The number of amides is 2. The number of nitrogens with zero attached hydrogens (tertiary/aromatic N) is 2. The number of anilines is 1. The fourth-order valence-electron chi connectivity index (χ4n) is 4.84. The molecule has 0 fully saturated rings. The van der Waals surface area contributed by atoms with E-state index in [0.717, 1.165) is 9.87 Å². The smallest absolute Gasteiger partial charge is 0.264 e. The molecule has 0 saturated heterocycles. The van der Waals surface area contributed by atoms with E-state index in [1.165, 1.54) is 66.6 Å². The number of carbonyl (C=O) groups excluding carboxylic acids is 2. The number of halogens is 2. The summed E-state index contributed by atoms with van der Waals surface area (Å²) in [6.45, 7) is 3.08. The molecule has 2 atom stereocenters. The highest BCUT2D eigenvalue weighted by Crippen LogP contribution is 2.32. The molecule has 4 aromatic rings. The molecule has 4 rings (SSSR count). The van der Waals surface area contributed by atoms with Gasteiger partial charge in [-0.3, -0.25) is 13.9 Å². The summed E-state index contributed by atoms with van der Waals surface area (Å²) in [6.07, 6.45) is 0.826. The van der Waals surface area contributed by atoms with Crippen LogP contribution in [0.5, 0.6) is 5.75 Å². The average Bonchev–Trinajstić information content (AvgIpc) is 3.06. The zero-order chi connectivity index (χ0) is 33.3. The minimum atomic E-state index is -4.29. The van der Waals surface area contributed by atoms with Gasteiger partial charge in [-0.05, 0) is 66.9 Å². The van der Waals surface area contributed by atoms with Crippen molar-refractivity contribution >= 4 is 39.1 Å². The van der Waals surface area contributed by atoms with Gasteiger partial charge in [0.25, 0.3) is 10.0 Å². The third-order valence-electron chi connectivity index (χ3n) is 7.57. The van der Waals surface area contributed by atoms with E-state index in [1.54, 1.807) is 18.2 Å². The number of ether oxygens (including phenoxy) is 1. The van der Waals surface area contributed by atoms with Gasteiger partial charge in [0.2, 0.25) is 11.8 Å². The molecule has 0 aromatic heterocycles. The normalized spacial score (nSPS) is 12.5. The van der Waals surface area contributed by atoms with Crippen molar-refractivity contribution in [3.8, 4) is 5.75 Å². The van der Waals surface area contributed by atoms with Crippen molar-refractivity contribution in [1.29, 1.82) is 0 Å². The molecule has 242 valence electrons. The fraction of sp³-hybridized carbons (Fsp3) is 0.257. The third kappa shape index (κ3) is 8.64. The first-order valence-electron chi connectivity index (χ1n) is 14.8. The number of sulfonamides is 1. The van der Waals surface area contributed by atoms with E-state index >= 15 is 0 Å². The monoisotopic (exact) mass is 665 g/mol. The van der Waals surface area contributed by atoms with Gasteiger partial charge in [0.1, 0.15) is 24.2 Å². The van der Waals surface area contributed by atoms with Gasteiger partial charge in [0, 0.05) is 19.0 Å². The quantitative estimate of drug-likeness (QED) is 0.172. The lowest BCUT2D eigenvalue weighted by molar-refractivity contribution is -0.140. The summed E-state index contributed by atoms with van der Waals surface area (Å²) in [6, 6.07) is 25.8. The first-order valence-corrected chi connectivity index (χ1v) is 16.6. The third-order valence-corrected chi connectivity index (χ3v) is 9.66. The Hall–Kier alpha value is -4.41. The summed E-state index contributed by atoms with van der Waals surface area (Å²) < 4.78 is 48.2. The van der Waals surface area contributed by atoms with E-state index in [2.05, 4.69) is 5.32 Å². The Morgan fingerprint density at radius 3 is 2.13 bits per heavy atom. The van der Waals surface area contributed by atoms with Gasteiger partial charge in [-0.2, -0.15) is 0 Å². The van der Waals surface area contributed by atoms with E-state index in [4.69, 9.17) is 16.3 Å². The maximum atomic E-state index is 14.5. The zero-order valence-corrected chi connectivity index (χ0v) is 27.5. The molecule has 0 saturated carbocycles. The fourth-order valence-corrected chi connectivity index (χ4v) is 6.52. The van der Waals surface area contributed by atoms with Crippen LogP contribution in [0, 0.1) is 5.82 Å². The average molecular weight is 666 g/mol. The largest absolute Gasteiger partial charge is 0.495 e. The number of methoxy groups -OCH3 is 1. The van der Waals surface area contributed by atoms with Crippen LogP contribution in [-0.4, -0.2) is 50.9 Å². The van der Waals surface area contributed by atoms with Crippen LogP contribution in [0.25, 0.3) is 0 Å². The lowest BCUT2D eigenvalue weighted by Crippen LogP contribution is -2.54. The van der Waals surface area contributed by atoms with Gasteiger partial charge < -0.3 is 15.0 Å². The molecule has 0 heterocycles. The first kappa shape index (κ1) is 34.5. The molecule has 11 heteroatoms. The topological polar surface area (TPSA) is 96.0 Å². The number of hydrogen-bond donors (Lipinski definition) is 1. The Labute approximate surface area is 274 Å². The van der Waals surface area contributed by atoms with Gasteiger partial charge in [-0.25, -0.2) is 12.8 Å². The highest BCUT2D eigenvalue weighted by atomic mass is 35.5. The Balaban J connectivity index is 1.82. The maximum absolute atomic E-state index is 14.5. The molecule has 0 bridgehead atoms. The highest BCUT2D eigenvalue weighted by Gasteiger charge is 2.35. The van der Waals surface area contributed by atoms with Crippen molar-refractivity contribution in [1.82, 2.24) is 10.2 Å². The summed E-state index contributed by atoms with van der Waals surface area (Å²) in [5, 5.41) is 3.14. The Kier molecular flexibility index (Phi) is 11.8. The van der Waals surface area contributed by atoms with Gasteiger partial charge in [0.05, 0.1) is 22.7 Å². The molecule has 8 nitrogen and oxygen atoms in total. The number of hydrogen-bond acceptors (Lipinski definition) is 5. The molecule has 0 radical (unpaired) electrons. The molecule has 0 unspecified atom stereocenters. The minimum Gasteiger partial charge on any atom is -0.495 e. The van der Waals surface area contributed by atoms with Crippen LogP contribution in [0.15, 0.2) is 108 Å². The number of nitrogens with one attached hydrogen (secondary N) is 1. The Bertz CT molecular complexity index is 1720. The molecule has 0 aliphatic carbocycles. The summed E-state index contributed by atoms with van der Waals surface area (Å²) >= 11 is 6.41. The van der Waals surface area contributed by atoms with Crippen LogP contribution in [0.4, 0.5) is 10.1 Å². The maximum Gasteiger partial charge on any atom is 0.264 e. The molecule has 0 aliphatic heterocycles. The van der Waals surface area contributed by atoms with Gasteiger partial charge >= 0.3 is 0 Å². The van der Waals surface area contributed by atoms with E-state index < -0.39 is 40.2 Å². The van der Waals surface area contributed by atoms with E-state index in [-0.39, 0.29) is 34.6 Å². The Morgan fingerprint density at radius 2 is 1.54 bits per heavy atom. The minimum absolute atomic E-state index is 0.0322. The van der Waals surface area contributed by atoms with Crippen LogP contribution in [0.2, 0.25) is 5.02 Å². The number of carbonyl (C=O) groups is 2. The summed E-state index contributed by atoms with van der Waals surface area (Å²) in [5.74, 6) is -1.15. The van der Waals surface area contributed by atoms with Gasteiger partial charge in [-0.1, -0.05) is 79.2 Å². The summed E-state index contributed by atoms with van der Waals surface area (Å²) in [4.78, 5) is 29.7. The van der Waals surface area contributed by atoms with Crippen LogP contribution in [0.3, 0.4) is 0 Å². The van der Waals surface area contributed by atoms with Crippen molar-refractivity contribution < 1.29 is 27.1 Å². The SMILES string of the molecule is CC[C@@H](C)NC(=O)[C@H](Cc1ccccc1)N(Cc1ccc(F)cc1)C(=O)CN(c1ccc(OC)c(Cl)c1)S(=O)(=O)c1ccccc1. The van der Waals surface area contributed by atoms with Crippen molar-refractivity contribution in [3.05, 3.63) is 125 Å². The molecule has 4 aromatic carbocycles. The molecule has 46 heavy (non-hydrogen) atoms. The molecule has 1 N–H and O–H groups in total. The summed E-state index contributed by atoms with van der Waals surface area (Å²) in [5.41, 5.74) is 1.50. The van der Waals surface area contributed by atoms with E-state index in [9.17, 15) is 22.4 Å². The van der Waals surface area contributed by atoms with Crippen molar-refractivity contribution in [3.63, 3.8) is 0 Å². The highest BCUT2D eigenvalue weighted by molar-refractivity contribution is 7.92. The number of benzene rings is 4. The molecular weight excluding hydrogens is 629 g/mol. The molecule has 0 aliphatic rings. The second-order valence-electron chi connectivity index (χ2n) is 10.8. The molecule has 0 spiro atoms. The lowest BCUT2D eigenvalue weighted by atomic mass is 10.0. The predicted molar refractivity (Wildman–Crippen MR) is 178 cm³/mol. The van der Waals surface area contributed by atoms with Crippen LogP contribution < -0.4 is 14.4 Å².